The molecule has 1 aliphatic carbocycles. The third-order valence-corrected chi connectivity index (χ3v) is 3.41. The van der Waals surface area contributed by atoms with Gasteiger partial charge in [0.05, 0.1) is 12.1 Å². The zero-order valence-corrected chi connectivity index (χ0v) is 10.7. The van der Waals surface area contributed by atoms with Crippen LogP contribution in [0.3, 0.4) is 0 Å². The van der Waals surface area contributed by atoms with Crippen molar-refractivity contribution in [2.75, 3.05) is 13.7 Å². The van der Waals surface area contributed by atoms with Crippen molar-refractivity contribution in [1.29, 1.82) is 0 Å². The normalized spacial score (nSPS) is 18.7. The predicted octanol–water partition coefficient (Wildman–Crippen LogP) is 3.04. The summed E-state index contributed by atoms with van der Waals surface area (Å²) < 4.78 is 32.3. The zero-order valence-electron chi connectivity index (χ0n) is 10.7. The third-order valence-electron chi connectivity index (χ3n) is 3.41. The Kier molecular flexibility index (Phi) is 4.30. The van der Waals surface area contributed by atoms with Gasteiger partial charge in [-0.25, -0.2) is 8.78 Å². The molecule has 0 saturated heterocycles. The Balaban J connectivity index is 2.27. The first-order valence-electron chi connectivity index (χ1n) is 6.38. The van der Waals surface area contributed by atoms with E-state index in [9.17, 15) is 8.78 Å². The second kappa shape index (κ2) is 5.76. The molecule has 1 aromatic rings. The minimum atomic E-state index is -0.549. The van der Waals surface area contributed by atoms with Crippen LogP contribution in [-0.4, -0.2) is 19.8 Å². The van der Waals surface area contributed by atoms with Gasteiger partial charge in [0, 0.05) is 18.7 Å². The minimum Gasteiger partial charge on any atom is -0.379 e. The van der Waals surface area contributed by atoms with Crippen LogP contribution >= 0.6 is 0 Å². The van der Waals surface area contributed by atoms with E-state index < -0.39 is 11.6 Å². The van der Waals surface area contributed by atoms with E-state index in [0.717, 1.165) is 18.9 Å². The highest BCUT2D eigenvalue weighted by molar-refractivity contribution is 5.24. The van der Waals surface area contributed by atoms with E-state index in [-0.39, 0.29) is 12.1 Å². The Hall–Kier alpha value is -1.00. The van der Waals surface area contributed by atoms with E-state index in [4.69, 9.17) is 4.74 Å². The highest BCUT2D eigenvalue weighted by Crippen LogP contribution is 2.40. The predicted molar refractivity (Wildman–Crippen MR) is 66.3 cm³/mol. The maximum Gasteiger partial charge on any atom is 0.130 e. The fourth-order valence-corrected chi connectivity index (χ4v) is 2.40. The largest absolute Gasteiger partial charge is 0.379 e. The van der Waals surface area contributed by atoms with E-state index in [1.165, 1.54) is 12.1 Å². The van der Waals surface area contributed by atoms with E-state index >= 15 is 0 Å². The van der Waals surface area contributed by atoms with Crippen molar-refractivity contribution in [3.05, 3.63) is 35.4 Å². The van der Waals surface area contributed by atoms with Crippen LogP contribution < -0.4 is 5.32 Å². The Morgan fingerprint density at radius 1 is 1.39 bits per heavy atom. The molecule has 0 amide bonds. The highest BCUT2D eigenvalue weighted by Gasteiger charge is 2.38. The van der Waals surface area contributed by atoms with Gasteiger partial charge >= 0.3 is 0 Å². The van der Waals surface area contributed by atoms with Crippen LogP contribution in [0.2, 0.25) is 0 Å². The number of benzene rings is 1. The van der Waals surface area contributed by atoms with Gasteiger partial charge in [-0.05, 0) is 31.4 Å². The van der Waals surface area contributed by atoms with Crippen molar-refractivity contribution >= 4 is 0 Å². The fraction of sp³-hybridized carbons (Fsp3) is 0.571. The van der Waals surface area contributed by atoms with Crippen LogP contribution in [0.1, 0.15) is 31.4 Å². The fourth-order valence-electron chi connectivity index (χ4n) is 2.40. The summed E-state index contributed by atoms with van der Waals surface area (Å²) in [4.78, 5) is 0. The molecule has 2 unspecified atom stereocenters. The average Bonchev–Trinajstić information content (AvgIpc) is 3.14. The van der Waals surface area contributed by atoms with E-state index in [1.54, 1.807) is 7.11 Å². The summed E-state index contributed by atoms with van der Waals surface area (Å²) in [6, 6.07) is 3.52. The molecule has 0 aromatic heterocycles. The zero-order chi connectivity index (χ0) is 13.1. The minimum absolute atomic E-state index is 0.0510. The third kappa shape index (κ3) is 2.87. The van der Waals surface area contributed by atoms with Crippen LogP contribution in [0.4, 0.5) is 8.78 Å². The first kappa shape index (κ1) is 13.4. The maximum absolute atomic E-state index is 13.9. The van der Waals surface area contributed by atoms with Crippen LogP contribution in [0.15, 0.2) is 18.2 Å². The van der Waals surface area contributed by atoms with Gasteiger partial charge in [0.2, 0.25) is 0 Å². The molecule has 4 heteroatoms. The lowest BCUT2D eigenvalue weighted by Crippen LogP contribution is -2.35. The van der Waals surface area contributed by atoms with Gasteiger partial charge in [0.25, 0.3) is 0 Å². The molecule has 0 heterocycles. The lowest BCUT2D eigenvalue weighted by molar-refractivity contribution is 0.0500. The standard InChI is InChI=1S/C14H19F2NO/c1-3-17-13(14(18-2)9-4-5-9)11-7-6-10(15)8-12(11)16/h6-9,13-14,17H,3-5H2,1-2H3. The van der Waals surface area contributed by atoms with E-state index in [0.29, 0.717) is 18.0 Å². The molecule has 1 fully saturated rings. The Labute approximate surface area is 106 Å². The Morgan fingerprint density at radius 3 is 2.61 bits per heavy atom. The summed E-state index contributed by atoms with van der Waals surface area (Å²) in [5, 5.41) is 3.24. The molecule has 100 valence electrons. The smallest absolute Gasteiger partial charge is 0.130 e. The lowest BCUT2D eigenvalue weighted by Gasteiger charge is -2.27. The van der Waals surface area contributed by atoms with Gasteiger partial charge in [-0.2, -0.15) is 0 Å². The molecule has 1 aromatic carbocycles. The molecule has 1 aliphatic rings. The molecule has 1 saturated carbocycles. The van der Waals surface area contributed by atoms with E-state index in [1.807, 2.05) is 6.92 Å². The molecule has 2 atom stereocenters. The monoisotopic (exact) mass is 255 g/mol. The molecule has 0 aliphatic heterocycles. The van der Waals surface area contributed by atoms with Gasteiger partial charge < -0.3 is 10.1 Å². The number of methoxy groups -OCH3 is 1. The van der Waals surface area contributed by atoms with Crippen molar-refractivity contribution in [3.8, 4) is 0 Å². The van der Waals surface area contributed by atoms with Gasteiger partial charge in [0.1, 0.15) is 11.6 Å². The molecule has 18 heavy (non-hydrogen) atoms. The second-order valence-corrected chi connectivity index (χ2v) is 4.74. The summed E-state index contributed by atoms with van der Waals surface area (Å²) in [5.41, 5.74) is 0.483. The number of rotatable bonds is 6. The number of likely N-dealkylation sites (N-methyl/N-ethyl adjacent to an activating group) is 1. The van der Waals surface area contributed by atoms with Crippen molar-refractivity contribution in [1.82, 2.24) is 5.32 Å². The van der Waals surface area contributed by atoms with Gasteiger partial charge in [-0.15, -0.1) is 0 Å². The molecule has 0 spiro atoms. The van der Waals surface area contributed by atoms with Crippen LogP contribution in [0, 0.1) is 17.6 Å². The summed E-state index contributed by atoms with van der Waals surface area (Å²) in [5.74, 6) is -0.584. The molecule has 0 bridgehead atoms. The highest BCUT2D eigenvalue weighted by atomic mass is 19.1. The first-order valence-corrected chi connectivity index (χ1v) is 6.38. The summed E-state index contributed by atoms with van der Waals surface area (Å²) >= 11 is 0. The Bertz CT molecular complexity index is 407. The first-order chi connectivity index (χ1) is 8.67. The molecule has 2 rings (SSSR count). The lowest BCUT2D eigenvalue weighted by atomic mass is 9.97. The van der Waals surface area contributed by atoms with Gasteiger partial charge in [0.15, 0.2) is 0 Å². The quantitative estimate of drug-likeness (QED) is 0.843. The van der Waals surface area contributed by atoms with Crippen LogP contribution in [-0.2, 0) is 4.74 Å². The maximum atomic E-state index is 13.9. The van der Waals surface area contributed by atoms with Crippen LogP contribution in [0.25, 0.3) is 0 Å². The van der Waals surface area contributed by atoms with Crippen molar-refractivity contribution in [3.63, 3.8) is 0 Å². The summed E-state index contributed by atoms with van der Waals surface area (Å²) in [6.45, 7) is 2.68. The average molecular weight is 255 g/mol. The SMILES string of the molecule is CCNC(c1ccc(F)cc1F)C(OC)C1CC1. The van der Waals surface area contributed by atoms with Gasteiger partial charge in [-0.1, -0.05) is 13.0 Å². The summed E-state index contributed by atoms with van der Waals surface area (Å²) in [7, 11) is 1.65. The number of hydrogen-bond donors (Lipinski definition) is 1. The van der Waals surface area contributed by atoms with Crippen LogP contribution in [0.5, 0.6) is 0 Å². The summed E-state index contributed by atoms with van der Waals surface area (Å²) in [6.07, 6.45) is 2.18. The number of hydrogen-bond acceptors (Lipinski definition) is 2. The molecule has 2 nitrogen and oxygen atoms in total. The topological polar surface area (TPSA) is 21.3 Å². The molecule has 1 N–H and O–H groups in total. The van der Waals surface area contributed by atoms with Crippen molar-refractivity contribution < 1.29 is 13.5 Å². The number of nitrogens with one attached hydrogen (secondary N) is 1. The van der Waals surface area contributed by atoms with Gasteiger partial charge in [-0.3, -0.25) is 0 Å². The Morgan fingerprint density at radius 2 is 2.11 bits per heavy atom. The van der Waals surface area contributed by atoms with Crippen molar-refractivity contribution in [2.45, 2.75) is 31.9 Å². The molecular weight excluding hydrogens is 236 g/mol. The second-order valence-electron chi connectivity index (χ2n) is 4.74. The number of halogens is 2. The van der Waals surface area contributed by atoms with Crippen molar-refractivity contribution in [2.24, 2.45) is 5.92 Å². The van der Waals surface area contributed by atoms with E-state index in [2.05, 4.69) is 5.32 Å². The number of ether oxygens (including phenoxy) is 1. The molecular formula is C14H19F2NO. The molecule has 0 radical (unpaired) electrons.